The van der Waals surface area contributed by atoms with E-state index in [0.29, 0.717) is 0 Å². The molecule has 2 heterocycles. The van der Waals surface area contributed by atoms with Crippen molar-refractivity contribution in [3.05, 3.63) is 156 Å². The second kappa shape index (κ2) is 11.1. The van der Waals surface area contributed by atoms with Gasteiger partial charge in [0, 0.05) is 16.6 Å². The average Bonchev–Trinajstić information content (AvgIpc) is 3.12. The maximum atomic E-state index is 7.02. The smallest absolute Gasteiger partial charge is 0.260 e. The van der Waals surface area contributed by atoms with Crippen LogP contribution in [0.1, 0.15) is 30.9 Å². The van der Waals surface area contributed by atoms with Gasteiger partial charge in [-0.15, -0.1) is 0 Å². The van der Waals surface area contributed by atoms with Gasteiger partial charge in [-0.1, -0.05) is 121 Å². The molecule has 3 aliphatic rings. The molecule has 6 aromatic carbocycles. The van der Waals surface area contributed by atoms with Crippen molar-refractivity contribution in [2.75, 3.05) is 0 Å². The van der Waals surface area contributed by atoms with E-state index in [1.54, 1.807) is 0 Å². The van der Waals surface area contributed by atoms with Crippen LogP contribution in [0.3, 0.4) is 0 Å². The highest BCUT2D eigenvalue weighted by Gasteiger charge is 2.43. The zero-order valence-electron chi connectivity index (χ0n) is 26.6. The molecule has 0 saturated carbocycles. The molecule has 6 aromatic rings. The third-order valence-electron chi connectivity index (χ3n) is 9.95. The molecular weight excluding hydrogens is 571 g/mol. The Labute approximate surface area is 276 Å². The van der Waals surface area contributed by atoms with Crippen LogP contribution in [0.15, 0.2) is 145 Å². The van der Waals surface area contributed by atoms with Gasteiger partial charge < -0.3 is 9.47 Å². The van der Waals surface area contributed by atoms with Crippen LogP contribution in [-0.2, 0) is 0 Å². The zero-order valence-corrected chi connectivity index (χ0v) is 26.6. The lowest BCUT2D eigenvalue weighted by Gasteiger charge is -2.36. The van der Waals surface area contributed by atoms with Crippen LogP contribution in [0.4, 0.5) is 0 Å². The summed E-state index contributed by atoms with van der Waals surface area (Å²) in [7, 11) is 0. The minimum atomic E-state index is -0.0731. The molecule has 0 unspecified atom stereocenters. The summed E-state index contributed by atoms with van der Waals surface area (Å²) in [5, 5.41) is 0. The minimum absolute atomic E-state index is 0.0731. The van der Waals surface area contributed by atoms with E-state index >= 15 is 0 Å². The number of benzene rings is 6. The van der Waals surface area contributed by atoms with Gasteiger partial charge in [0.05, 0.1) is 0 Å². The van der Waals surface area contributed by atoms with Crippen molar-refractivity contribution in [2.24, 2.45) is 0 Å². The molecule has 47 heavy (non-hydrogen) atoms. The molecule has 0 spiro atoms. The number of allylic oxidation sites excluding steroid dienone is 4. The van der Waals surface area contributed by atoms with E-state index in [-0.39, 0.29) is 6.71 Å². The Morgan fingerprint density at radius 3 is 1.79 bits per heavy atom. The monoisotopic (exact) mass is 604 g/mol. The van der Waals surface area contributed by atoms with Gasteiger partial charge in [0.15, 0.2) is 0 Å². The van der Waals surface area contributed by atoms with Gasteiger partial charge in [0.2, 0.25) is 0 Å². The van der Waals surface area contributed by atoms with Crippen molar-refractivity contribution in [2.45, 2.75) is 26.7 Å². The lowest BCUT2D eigenvalue weighted by Crippen LogP contribution is -2.57. The van der Waals surface area contributed by atoms with E-state index in [1.165, 1.54) is 44.4 Å². The summed E-state index contributed by atoms with van der Waals surface area (Å²) < 4.78 is 14.0. The average molecular weight is 605 g/mol. The number of fused-ring (bicyclic) bond motifs is 4. The van der Waals surface area contributed by atoms with Crippen LogP contribution in [0, 0.1) is 6.92 Å². The van der Waals surface area contributed by atoms with Crippen LogP contribution >= 0.6 is 0 Å². The molecule has 0 saturated heterocycles. The van der Waals surface area contributed by atoms with Crippen LogP contribution in [-0.4, -0.2) is 6.71 Å². The molecule has 0 fully saturated rings. The first-order valence-corrected chi connectivity index (χ1v) is 16.5. The fourth-order valence-electron chi connectivity index (χ4n) is 7.61. The number of aryl methyl sites for hydroxylation is 1. The highest BCUT2D eigenvalue weighted by atomic mass is 16.5. The molecular formula is C44H33BO2. The molecule has 0 atom stereocenters. The van der Waals surface area contributed by atoms with E-state index in [9.17, 15) is 0 Å². The maximum Gasteiger partial charge on any atom is 0.260 e. The molecule has 3 heteroatoms. The fraction of sp³-hybridized carbons (Fsp3) is 0.0909. The number of rotatable bonds is 4. The standard InChI is InChI=1S/C44H33BO2/c1-28-13-9-11-19-34(28)33-22-24-41-39(26-33)45-38-25-32(30-15-5-3-6-16-30)21-23-40(38)47-44-37(35-20-12-10-14-29(35)2)27-36(43(46-41)42(44)45)31-17-7-4-8-18-31/h3-8,10,12-27H,9,11H2,1-2H3. The number of hydrogen-bond acceptors (Lipinski definition) is 2. The highest BCUT2D eigenvalue weighted by molar-refractivity contribution is 6.98. The Bertz CT molecular complexity index is 2260. The van der Waals surface area contributed by atoms with Crippen molar-refractivity contribution in [1.82, 2.24) is 0 Å². The summed E-state index contributed by atoms with van der Waals surface area (Å²) in [4.78, 5) is 0. The van der Waals surface area contributed by atoms with Crippen LogP contribution in [0.25, 0.3) is 39.0 Å². The molecule has 2 aliphatic heterocycles. The Hall–Kier alpha value is -5.54. The summed E-state index contributed by atoms with van der Waals surface area (Å²) in [5.74, 6) is 3.54. The molecule has 2 nitrogen and oxygen atoms in total. The van der Waals surface area contributed by atoms with E-state index in [4.69, 9.17) is 9.47 Å². The Kier molecular flexibility index (Phi) is 6.53. The van der Waals surface area contributed by atoms with Crippen molar-refractivity contribution >= 4 is 28.7 Å². The maximum absolute atomic E-state index is 7.02. The fourth-order valence-corrected chi connectivity index (χ4v) is 7.61. The molecule has 0 bridgehead atoms. The first kappa shape index (κ1) is 27.7. The van der Waals surface area contributed by atoms with Crippen molar-refractivity contribution in [3.63, 3.8) is 0 Å². The first-order chi connectivity index (χ1) is 23.1. The van der Waals surface area contributed by atoms with Gasteiger partial charge in [0.25, 0.3) is 6.71 Å². The van der Waals surface area contributed by atoms with Gasteiger partial charge >= 0.3 is 0 Å². The topological polar surface area (TPSA) is 18.5 Å². The minimum Gasteiger partial charge on any atom is -0.458 e. The third-order valence-corrected chi connectivity index (χ3v) is 9.95. The highest BCUT2D eigenvalue weighted by Crippen LogP contribution is 2.47. The third kappa shape index (κ3) is 4.57. The van der Waals surface area contributed by atoms with Crippen molar-refractivity contribution in [3.8, 4) is 56.4 Å². The largest absolute Gasteiger partial charge is 0.458 e. The van der Waals surface area contributed by atoms with E-state index in [0.717, 1.165) is 63.5 Å². The normalized spacial score (nSPS) is 14.1. The lowest BCUT2D eigenvalue weighted by molar-refractivity contribution is 0.467. The Balaban J connectivity index is 1.36. The summed E-state index contributed by atoms with van der Waals surface area (Å²) in [5.41, 5.74) is 15.3. The predicted octanol–water partition coefficient (Wildman–Crippen LogP) is 9.85. The van der Waals surface area contributed by atoms with Gasteiger partial charge in [-0.2, -0.15) is 0 Å². The molecule has 9 rings (SSSR count). The zero-order chi connectivity index (χ0) is 31.5. The predicted molar refractivity (Wildman–Crippen MR) is 196 cm³/mol. The second-order valence-electron chi connectivity index (χ2n) is 12.8. The van der Waals surface area contributed by atoms with Gasteiger partial charge in [0.1, 0.15) is 23.0 Å². The molecule has 0 N–H and O–H groups in total. The number of hydrogen-bond donors (Lipinski definition) is 0. The summed E-state index contributed by atoms with van der Waals surface area (Å²) in [6.45, 7) is 4.33. The summed E-state index contributed by atoms with van der Waals surface area (Å²) in [6, 6.07) is 45.5. The molecule has 1 aliphatic carbocycles. The molecule has 0 amide bonds. The number of ether oxygens (including phenoxy) is 2. The van der Waals surface area contributed by atoms with Gasteiger partial charge in [-0.25, -0.2) is 0 Å². The quantitative estimate of drug-likeness (QED) is 0.186. The second-order valence-corrected chi connectivity index (χ2v) is 12.8. The van der Waals surface area contributed by atoms with Crippen LogP contribution < -0.4 is 25.9 Å². The van der Waals surface area contributed by atoms with E-state index in [1.807, 2.05) is 0 Å². The van der Waals surface area contributed by atoms with E-state index < -0.39 is 0 Å². The van der Waals surface area contributed by atoms with Gasteiger partial charge in [-0.3, -0.25) is 0 Å². The summed E-state index contributed by atoms with van der Waals surface area (Å²) >= 11 is 0. The SMILES string of the molecule is CC1=CCCC=C1c1ccc2c(c1)B1c3cc(-c4ccccc4)ccc3Oc3c(-c4ccccc4C)cc(-c4ccccc4)c(c31)O2. The Morgan fingerprint density at radius 1 is 0.489 bits per heavy atom. The Morgan fingerprint density at radius 2 is 1.09 bits per heavy atom. The van der Waals surface area contributed by atoms with E-state index in [2.05, 4.69) is 153 Å². The molecule has 0 aromatic heterocycles. The molecule has 224 valence electrons. The first-order valence-electron chi connectivity index (χ1n) is 16.5. The van der Waals surface area contributed by atoms with Crippen LogP contribution in [0.5, 0.6) is 23.0 Å². The van der Waals surface area contributed by atoms with Gasteiger partial charge in [-0.05, 0) is 100 Å². The summed E-state index contributed by atoms with van der Waals surface area (Å²) in [6.07, 6.45) is 6.90. The van der Waals surface area contributed by atoms with Crippen molar-refractivity contribution in [1.29, 1.82) is 0 Å². The molecule has 0 radical (unpaired) electrons. The lowest BCUT2D eigenvalue weighted by atomic mass is 9.34. The van der Waals surface area contributed by atoms with Crippen molar-refractivity contribution < 1.29 is 9.47 Å². The van der Waals surface area contributed by atoms with Crippen LogP contribution in [0.2, 0.25) is 0 Å².